The normalized spacial score (nSPS) is 15.8. The molecule has 1 aromatic carbocycles. The summed E-state index contributed by atoms with van der Waals surface area (Å²) in [6, 6.07) is 7.10. The first-order chi connectivity index (χ1) is 15.8. The number of aryl methyl sites for hydroxylation is 2. The fourth-order valence-electron chi connectivity index (χ4n) is 4.11. The van der Waals surface area contributed by atoms with Gasteiger partial charge in [0.15, 0.2) is 5.65 Å². The molecule has 1 unspecified atom stereocenters. The van der Waals surface area contributed by atoms with Crippen LogP contribution in [0.2, 0.25) is 0 Å². The second kappa shape index (κ2) is 8.53. The lowest BCUT2D eigenvalue weighted by molar-refractivity contribution is -0.122. The SMILES string of the molecule is CCc1cnc2c(c1NC(=O)C1CC(=O)N(c3cccc(OC)c3)C1)c(=O)n(C)c(=O)n2C. The highest BCUT2D eigenvalue weighted by molar-refractivity contribution is 6.06. The van der Waals surface area contributed by atoms with Crippen molar-refractivity contribution in [2.45, 2.75) is 19.8 Å². The van der Waals surface area contributed by atoms with E-state index < -0.39 is 17.2 Å². The van der Waals surface area contributed by atoms with E-state index >= 15 is 0 Å². The first-order valence-electron chi connectivity index (χ1n) is 10.6. The van der Waals surface area contributed by atoms with Gasteiger partial charge in [0.05, 0.1) is 18.7 Å². The number of anilines is 2. The van der Waals surface area contributed by atoms with Gasteiger partial charge in [-0.2, -0.15) is 0 Å². The van der Waals surface area contributed by atoms with Gasteiger partial charge in [-0.3, -0.25) is 23.5 Å². The van der Waals surface area contributed by atoms with Gasteiger partial charge < -0.3 is 15.0 Å². The van der Waals surface area contributed by atoms with E-state index in [-0.39, 0.29) is 35.8 Å². The Morgan fingerprint density at radius 2 is 1.97 bits per heavy atom. The van der Waals surface area contributed by atoms with Gasteiger partial charge >= 0.3 is 5.69 Å². The number of carbonyl (C=O) groups is 2. The number of nitrogens with zero attached hydrogens (tertiary/aromatic N) is 4. The van der Waals surface area contributed by atoms with Gasteiger partial charge in [-0.15, -0.1) is 0 Å². The molecule has 33 heavy (non-hydrogen) atoms. The molecule has 2 amide bonds. The highest BCUT2D eigenvalue weighted by Gasteiger charge is 2.36. The maximum Gasteiger partial charge on any atom is 0.332 e. The number of hydrogen-bond acceptors (Lipinski definition) is 6. The smallest absolute Gasteiger partial charge is 0.332 e. The van der Waals surface area contributed by atoms with Crippen LogP contribution in [0.25, 0.3) is 11.0 Å². The number of fused-ring (bicyclic) bond motifs is 1. The van der Waals surface area contributed by atoms with E-state index in [9.17, 15) is 19.2 Å². The van der Waals surface area contributed by atoms with Crippen LogP contribution in [0.3, 0.4) is 0 Å². The number of carbonyl (C=O) groups excluding carboxylic acids is 2. The Hall–Kier alpha value is -3.95. The van der Waals surface area contributed by atoms with Gasteiger partial charge in [-0.25, -0.2) is 9.78 Å². The fraction of sp³-hybridized carbons (Fsp3) is 0.348. The lowest BCUT2D eigenvalue weighted by atomic mass is 10.1. The molecule has 0 saturated carbocycles. The van der Waals surface area contributed by atoms with Crippen molar-refractivity contribution < 1.29 is 14.3 Å². The Morgan fingerprint density at radius 1 is 1.21 bits per heavy atom. The number of pyridine rings is 1. The predicted molar refractivity (Wildman–Crippen MR) is 124 cm³/mol. The minimum absolute atomic E-state index is 0.0456. The summed E-state index contributed by atoms with van der Waals surface area (Å²) in [4.78, 5) is 56.9. The zero-order valence-electron chi connectivity index (χ0n) is 18.9. The molecule has 10 nitrogen and oxygen atoms in total. The summed E-state index contributed by atoms with van der Waals surface area (Å²) in [5, 5.41) is 3.03. The Bertz CT molecular complexity index is 1390. The second-order valence-corrected chi connectivity index (χ2v) is 8.01. The average Bonchev–Trinajstić information content (AvgIpc) is 3.22. The first-order valence-corrected chi connectivity index (χ1v) is 10.6. The van der Waals surface area contributed by atoms with Crippen molar-refractivity contribution in [3.8, 4) is 5.75 Å². The number of amides is 2. The van der Waals surface area contributed by atoms with Gasteiger partial charge in [0.2, 0.25) is 11.8 Å². The lowest BCUT2D eigenvalue weighted by Gasteiger charge is -2.18. The van der Waals surface area contributed by atoms with Gasteiger partial charge in [0.25, 0.3) is 5.56 Å². The highest BCUT2D eigenvalue weighted by Crippen LogP contribution is 2.30. The molecule has 1 N–H and O–H groups in total. The molecule has 0 aliphatic carbocycles. The summed E-state index contributed by atoms with van der Waals surface area (Å²) in [6.07, 6.45) is 2.12. The molecule has 3 heterocycles. The van der Waals surface area contributed by atoms with E-state index in [0.717, 1.165) is 4.57 Å². The standard InChI is InChI=1S/C23H25N5O5/c1-5-13-11-24-20-18(22(31)27(3)23(32)26(20)2)19(13)25-21(30)14-9-17(29)28(12-14)15-7-6-8-16(10-15)33-4/h6-8,10-11,14H,5,9,12H2,1-4H3,(H,24,25,30). The van der Waals surface area contributed by atoms with Gasteiger partial charge in [-0.1, -0.05) is 13.0 Å². The Kier molecular flexibility index (Phi) is 5.75. The Labute approximate surface area is 189 Å². The van der Waals surface area contributed by atoms with Crippen molar-refractivity contribution in [3.05, 3.63) is 56.9 Å². The minimum atomic E-state index is -0.604. The number of nitrogens with one attached hydrogen (secondary N) is 1. The summed E-state index contributed by atoms with van der Waals surface area (Å²) in [6.45, 7) is 2.09. The van der Waals surface area contributed by atoms with Crippen LogP contribution in [-0.4, -0.2) is 39.6 Å². The van der Waals surface area contributed by atoms with Crippen LogP contribution in [-0.2, 0) is 30.1 Å². The molecule has 172 valence electrons. The largest absolute Gasteiger partial charge is 0.497 e. The topological polar surface area (TPSA) is 116 Å². The fourth-order valence-corrected chi connectivity index (χ4v) is 4.11. The second-order valence-electron chi connectivity index (χ2n) is 8.01. The van der Waals surface area contributed by atoms with Crippen LogP contribution in [0.5, 0.6) is 5.75 Å². The van der Waals surface area contributed by atoms with Crippen LogP contribution in [0.4, 0.5) is 11.4 Å². The highest BCUT2D eigenvalue weighted by atomic mass is 16.5. The van der Waals surface area contributed by atoms with Gasteiger partial charge in [0.1, 0.15) is 11.1 Å². The molecule has 0 spiro atoms. The van der Waals surface area contributed by atoms with Crippen LogP contribution >= 0.6 is 0 Å². The number of benzene rings is 1. The van der Waals surface area contributed by atoms with Crippen LogP contribution < -0.4 is 26.2 Å². The molecule has 1 aliphatic rings. The summed E-state index contributed by atoms with van der Waals surface area (Å²) in [7, 11) is 4.46. The van der Waals surface area contributed by atoms with Crippen molar-refractivity contribution in [1.82, 2.24) is 14.1 Å². The van der Waals surface area contributed by atoms with Crippen LogP contribution in [0.1, 0.15) is 18.9 Å². The molecule has 2 aromatic heterocycles. The van der Waals surface area contributed by atoms with E-state index in [1.165, 1.54) is 18.7 Å². The minimum Gasteiger partial charge on any atom is -0.497 e. The Balaban J connectivity index is 1.69. The third-order valence-corrected chi connectivity index (χ3v) is 6.04. The van der Waals surface area contributed by atoms with E-state index in [2.05, 4.69) is 10.3 Å². The predicted octanol–water partition coefficient (Wildman–Crippen LogP) is 1.19. The third-order valence-electron chi connectivity index (χ3n) is 6.04. The summed E-state index contributed by atoms with van der Waals surface area (Å²) >= 11 is 0. The van der Waals surface area contributed by atoms with Crippen molar-refractivity contribution >= 4 is 34.2 Å². The van der Waals surface area contributed by atoms with Crippen molar-refractivity contribution in [2.24, 2.45) is 20.0 Å². The van der Waals surface area contributed by atoms with Gasteiger partial charge in [0, 0.05) is 45.0 Å². The quantitative estimate of drug-likeness (QED) is 0.623. The number of methoxy groups -OCH3 is 1. The lowest BCUT2D eigenvalue weighted by Crippen LogP contribution is -2.38. The summed E-state index contributed by atoms with van der Waals surface area (Å²) in [5.74, 6) is -0.526. The van der Waals surface area contributed by atoms with Crippen molar-refractivity contribution in [2.75, 3.05) is 23.9 Å². The molecule has 4 rings (SSSR count). The van der Waals surface area contributed by atoms with E-state index in [1.807, 2.05) is 6.92 Å². The van der Waals surface area contributed by atoms with E-state index in [0.29, 0.717) is 29.1 Å². The number of hydrogen-bond donors (Lipinski definition) is 1. The Morgan fingerprint density at radius 3 is 2.67 bits per heavy atom. The molecular formula is C23H25N5O5. The maximum atomic E-state index is 13.2. The van der Waals surface area contributed by atoms with Crippen molar-refractivity contribution in [3.63, 3.8) is 0 Å². The molecule has 1 aliphatic heterocycles. The maximum absolute atomic E-state index is 13.2. The molecule has 10 heteroatoms. The van der Waals surface area contributed by atoms with E-state index in [4.69, 9.17) is 4.74 Å². The zero-order valence-corrected chi connectivity index (χ0v) is 18.9. The number of aromatic nitrogens is 3. The molecule has 1 saturated heterocycles. The zero-order chi connectivity index (χ0) is 23.9. The molecule has 1 atom stereocenters. The van der Waals surface area contributed by atoms with Crippen LogP contribution in [0, 0.1) is 5.92 Å². The molecule has 3 aromatic rings. The monoisotopic (exact) mass is 451 g/mol. The van der Waals surface area contributed by atoms with Crippen molar-refractivity contribution in [1.29, 1.82) is 0 Å². The van der Waals surface area contributed by atoms with E-state index in [1.54, 1.807) is 42.5 Å². The summed E-state index contributed by atoms with van der Waals surface area (Å²) < 4.78 is 7.49. The third kappa shape index (κ3) is 3.77. The molecule has 1 fully saturated rings. The van der Waals surface area contributed by atoms with Gasteiger partial charge in [-0.05, 0) is 24.1 Å². The number of rotatable bonds is 5. The number of ether oxygens (including phenoxy) is 1. The molecule has 0 radical (unpaired) electrons. The summed E-state index contributed by atoms with van der Waals surface area (Å²) in [5.41, 5.74) is 0.804. The molecular weight excluding hydrogens is 426 g/mol. The molecule has 0 bridgehead atoms. The van der Waals surface area contributed by atoms with Crippen LogP contribution in [0.15, 0.2) is 40.1 Å². The average molecular weight is 451 g/mol. The first kappa shape index (κ1) is 22.3.